The number of benzene rings is 3. The highest BCUT2D eigenvalue weighted by Crippen LogP contribution is 2.64. The number of Topliss-reactive ketones (excluding diaryl/α,β-unsaturated/α-hetero) is 1. The molecule has 2 aromatic heterocycles. The first kappa shape index (κ1) is 134. The van der Waals surface area contributed by atoms with Gasteiger partial charge in [0.2, 0.25) is 12.7 Å². The van der Waals surface area contributed by atoms with Crippen LogP contribution >= 0.6 is 46.6 Å². The minimum absolute atomic E-state index is 0.00926. The van der Waals surface area contributed by atoms with Crippen molar-refractivity contribution in [2.24, 2.45) is 0 Å². The van der Waals surface area contributed by atoms with Crippen LogP contribution in [0.15, 0.2) is 89.8 Å². The third kappa shape index (κ3) is 47.5. The first-order valence-electron chi connectivity index (χ1n) is 41.2. The Morgan fingerprint density at radius 3 is 1.14 bits per heavy atom. The number of aromatic nitrogens is 1. The van der Waals surface area contributed by atoms with E-state index in [1.54, 1.807) is 64.5 Å². The van der Waals surface area contributed by atoms with Gasteiger partial charge < -0.3 is 120 Å². The molecule has 0 aliphatic carbocycles. The monoisotopic (exact) mass is 2220 g/mol. The molecule has 147 heavy (non-hydrogen) atoms. The Hall–Kier alpha value is -13.2. The Balaban J connectivity index is 0.00000169. The number of carboxylic acids is 16. The van der Waals surface area contributed by atoms with Gasteiger partial charge in [0.1, 0.15) is 11.8 Å². The van der Waals surface area contributed by atoms with Gasteiger partial charge >= 0.3 is 143 Å². The Morgan fingerprint density at radius 2 is 0.782 bits per heavy atom. The number of hydrogen-bond acceptors (Lipinski definition) is 30. The van der Waals surface area contributed by atoms with Gasteiger partial charge in [-0.25, -0.2) is 24.0 Å². The fourth-order valence-electron chi connectivity index (χ4n) is 10.7. The lowest BCUT2D eigenvalue weighted by Crippen LogP contribution is -2.75. The lowest BCUT2D eigenvalue weighted by atomic mass is 9.87. The minimum Gasteiger partial charge on any atom is -0.481 e. The number of aromatic carboxylic acids is 2. The van der Waals surface area contributed by atoms with Gasteiger partial charge in [-0.3, -0.25) is 72.1 Å². The van der Waals surface area contributed by atoms with Gasteiger partial charge in [0.25, 0.3) is 0 Å². The van der Waals surface area contributed by atoms with Crippen molar-refractivity contribution in [3.05, 3.63) is 118 Å². The number of carbonyl (C=O) groups excluding carboxylic acids is 2. The van der Waals surface area contributed by atoms with Crippen LogP contribution in [-0.2, 0) is 102 Å². The number of para-hydroxylation sites is 1. The second-order valence-electron chi connectivity index (χ2n) is 29.1. The van der Waals surface area contributed by atoms with Crippen LogP contribution in [0.5, 0.6) is 11.5 Å². The zero-order chi connectivity index (χ0) is 113. The molecule has 5 aromatic rings. The van der Waals surface area contributed by atoms with Crippen LogP contribution in [0, 0.1) is 0 Å². The van der Waals surface area contributed by atoms with Crippen molar-refractivity contribution in [1.29, 1.82) is 0 Å². The molecule has 0 radical (unpaired) electrons. The predicted octanol–water partition coefficient (Wildman–Crippen LogP) is 10.1. The molecule has 64 heteroatoms. The SMILES string of the molecule is O=C(O)C(F)(F)C(F)(F)C(F)(F)C(F)(F)C(F)(F)C(F)(F)C(F)(F)C(F)(F)C(=O)O.O=C(O)CCCC(=O)CCCC(=O)O.O=C(O)CCSCCC(=O)O.O=C(O)CN1CCOCCOCCN(CC(=O)O)CCOCCOCC1.O=C(O)CSC(SCC(=O)O)c1ccc2c(c1)OCO2.O=C(O)C[C@@H](C(=O)O)c1ccccc1.O=C(O)C[C@H](NC(=O)Cc1c[nH]c2ccccc12)C(=O)O.O=C(O)c1cscc1C(=O)O. The summed E-state index contributed by atoms with van der Waals surface area (Å²) in [7, 11) is 0. The van der Waals surface area contributed by atoms with E-state index >= 15 is 0 Å². The first-order chi connectivity index (χ1) is 68.1. The maximum Gasteiger partial charge on any atom is 0.410 e. The van der Waals surface area contributed by atoms with Crippen molar-refractivity contribution in [1.82, 2.24) is 20.1 Å². The van der Waals surface area contributed by atoms with Crippen molar-refractivity contribution in [3.63, 3.8) is 0 Å². The normalized spacial score (nSPS) is 14.0. The van der Waals surface area contributed by atoms with E-state index in [-0.39, 0.29) is 104 Å². The molecule has 1 fully saturated rings. The Bertz CT molecular complexity index is 4960. The number of nitrogens with one attached hydrogen (secondary N) is 2. The maximum atomic E-state index is 13.2. The fourth-order valence-corrected chi connectivity index (χ4v) is 14.4. The number of carbonyl (C=O) groups is 18. The zero-order valence-electron chi connectivity index (χ0n) is 75.6. The molecular formula is C83H96F16N4O40S4. The second-order valence-corrected chi connectivity index (χ2v) is 33.5. The van der Waals surface area contributed by atoms with Crippen molar-refractivity contribution < 1.29 is 267 Å². The number of alkyl halides is 16. The average molecular weight is 2220 g/mol. The minimum atomic E-state index is -8.80. The average Bonchev–Trinajstić information content (AvgIpc) is 0.832. The highest BCUT2D eigenvalue weighted by atomic mass is 32.2. The number of H-pyrrole nitrogens is 1. The molecule has 0 spiro atoms. The molecular weight excluding hydrogens is 2130 g/mol. The van der Waals surface area contributed by atoms with Crippen molar-refractivity contribution in [2.75, 3.05) is 122 Å². The molecule has 18 N–H and O–H groups in total. The Morgan fingerprint density at radius 1 is 0.401 bits per heavy atom. The third-order valence-corrected chi connectivity index (χ3v) is 22.5. The molecule has 2 aliphatic rings. The molecule has 0 saturated carbocycles. The molecule has 7 rings (SSSR count). The summed E-state index contributed by atoms with van der Waals surface area (Å²) in [5.74, 6) is -88.9. The molecule has 4 heterocycles. The van der Waals surface area contributed by atoms with Gasteiger partial charge in [-0.05, 0) is 47.7 Å². The van der Waals surface area contributed by atoms with Gasteiger partial charge in [0.05, 0.1) is 131 Å². The van der Waals surface area contributed by atoms with Gasteiger partial charge in [-0.2, -0.15) is 93.3 Å². The summed E-state index contributed by atoms with van der Waals surface area (Å²) in [6, 6.07) is 19.6. The Kier molecular flexibility index (Phi) is 59.6. The highest BCUT2D eigenvalue weighted by Gasteiger charge is 2.96. The quantitative estimate of drug-likeness (QED) is 0.00978. The number of amides is 1. The van der Waals surface area contributed by atoms with E-state index in [1.807, 2.05) is 24.3 Å². The maximum absolute atomic E-state index is 13.2. The number of aliphatic carboxylic acids is 14. The summed E-state index contributed by atoms with van der Waals surface area (Å²) in [6.45, 7) is 5.28. The number of ketones is 1. The summed E-state index contributed by atoms with van der Waals surface area (Å²) < 4.78 is 239. The number of rotatable bonds is 46. The first-order valence-corrected chi connectivity index (χ1v) is 45.4. The smallest absolute Gasteiger partial charge is 0.410 e. The number of fused-ring (bicyclic) bond motifs is 2. The van der Waals surface area contributed by atoms with Crippen LogP contribution in [0.3, 0.4) is 0 Å². The Labute approximate surface area is 833 Å². The van der Waals surface area contributed by atoms with E-state index in [9.17, 15) is 157 Å². The molecule has 44 nitrogen and oxygen atoms in total. The predicted molar refractivity (Wildman–Crippen MR) is 473 cm³/mol. The summed E-state index contributed by atoms with van der Waals surface area (Å²) in [5.41, 5.74) is 2.63. The van der Waals surface area contributed by atoms with Crippen molar-refractivity contribution in [2.45, 2.75) is 135 Å². The molecule has 2 atom stereocenters. The van der Waals surface area contributed by atoms with Crippen LogP contribution in [0.25, 0.3) is 10.9 Å². The summed E-state index contributed by atoms with van der Waals surface area (Å²) in [6.07, 6.45) is 1.92. The van der Waals surface area contributed by atoms with E-state index in [0.29, 0.717) is 120 Å². The van der Waals surface area contributed by atoms with Crippen LogP contribution < -0.4 is 14.8 Å². The van der Waals surface area contributed by atoms with E-state index in [0.717, 1.165) is 33.4 Å². The summed E-state index contributed by atoms with van der Waals surface area (Å²) >= 11 is 4.76. The lowest BCUT2D eigenvalue weighted by Gasteiger charge is -2.42. The van der Waals surface area contributed by atoms with E-state index < -0.39 is 167 Å². The molecule has 3 aromatic carbocycles. The molecule has 1 saturated heterocycles. The van der Waals surface area contributed by atoms with Crippen LogP contribution in [0.4, 0.5) is 70.2 Å². The number of thiophene rings is 1. The fraction of sp³-hybridized carbons (Fsp3) is 0.494. The van der Waals surface area contributed by atoms with Crippen molar-refractivity contribution in [3.8, 4) is 11.5 Å². The largest absolute Gasteiger partial charge is 0.481 e. The molecule has 2 aliphatic heterocycles. The number of nitrogens with zero attached hydrogens (tertiary/aromatic N) is 2. The highest BCUT2D eigenvalue weighted by molar-refractivity contribution is 8.16. The summed E-state index contributed by atoms with van der Waals surface area (Å²) in [4.78, 5) is 196. The van der Waals surface area contributed by atoms with E-state index in [2.05, 4.69) is 10.3 Å². The molecule has 824 valence electrons. The standard InChI is InChI=1S/C16H30N2O8.C14H14N2O5.C12H12O6S2.C10H2F16O4.C10H10O4.C9H14O5.C6H4O4S.C6H10O4S/c19-15(20)13-17-1-5-23-9-10-25-7-3-18(14-16(21)22)4-8-26-12-11-24-6-2-17;17-12(16-11(14(20)21)6-13(18)19)5-8-7-15-10-4-2-1-3-9(8)10;13-10(14)4-19-12(20-5-11(15)16)7-1-2-8-9(3-7)18-6-17-8;11-3(12,1(27)28)5(15,16)7(19,20)9(23,24)10(25,26)8(21,22)6(17,18)4(13,14)2(29)30;11-9(12)6-8(10(13)14)7-4-2-1-3-5-7;10-7(3-1-5-8(11)12)4-2-6-9(13)14;7-5(8)3-1-11-2-4(3)6(9)10;7-5(8)1-3-11-4-2-6(9)10/h1-14H2,(H,19,20)(H,21,22);1-4,7,11,15H,5-6H2,(H,16,17)(H,18,19)(H,20,21);1-3,12H,4-6H2,(H,13,14)(H,15,16);(H,27,28)(H,29,30);1-5,8H,6H2,(H,11,12)(H,13,14);1-6H2,(H,11,12)(H,13,14);1-2H,(H,7,8)(H,9,10);1-4H2,(H,7,8)(H,9,10)/t;11-;;;8-;;;/m.0..1.../s1. The summed E-state index contributed by atoms with van der Waals surface area (Å²) in [5, 5.41) is 141. The second kappa shape index (κ2) is 65.4. The number of hydrogen-bond donors (Lipinski definition) is 18. The van der Waals surface area contributed by atoms with Gasteiger partial charge in [0, 0.05) is 91.2 Å². The van der Waals surface area contributed by atoms with Crippen LogP contribution in [0.2, 0.25) is 0 Å². The molecule has 1 amide bonds. The molecule has 0 bridgehead atoms. The number of ether oxygens (including phenoxy) is 6. The van der Waals surface area contributed by atoms with Crippen molar-refractivity contribution >= 4 is 165 Å². The third-order valence-electron chi connectivity index (χ3n) is 18.0. The van der Waals surface area contributed by atoms with Crippen LogP contribution in [0.1, 0.15) is 112 Å². The number of aromatic amines is 1. The van der Waals surface area contributed by atoms with Gasteiger partial charge in [-0.15, -0.1) is 23.5 Å². The number of carboxylic acid groups (broad SMARTS) is 16. The van der Waals surface area contributed by atoms with E-state index in [1.165, 1.54) is 46.0 Å². The van der Waals surface area contributed by atoms with E-state index in [4.69, 9.17) is 110 Å². The topological polar surface area (TPSA) is 721 Å². The zero-order valence-corrected chi connectivity index (χ0v) is 78.9. The number of halogens is 16. The lowest BCUT2D eigenvalue weighted by molar-refractivity contribution is -0.448. The van der Waals surface area contributed by atoms with Gasteiger partial charge in [0.15, 0.2) is 11.5 Å². The van der Waals surface area contributed by atoms with Gasteiger partial charge in [-0.1, -0.05) is 54.6 Å². The van der Waals surface area contributed by atoms with Crippen LogP contribution in [-0.4, -0.2) is 379 Å². The molecule has 0 unspecified atom stereocenters. The number of thioether (sulfide) groups is 3.